The second-order valence-corrected chi connectivity index (χ2v) is 15.2. The van der Waals surface area contributed by atoms with E-state index in [1.165, 1.54) is 58.9 Å². The molecule has 0 radical (unpaired) electrons. The maximum Gasteiger partial charge on any atom is 0.339 e. The van der Waals surface area contributed by atoms with E-state index in [2.05, 4.69) is 0 Å². The number of carbonyl (C=O) groups is 4. The Morgan fingerprint density at radius 3 is 1.58 bits per heavy atom. The summed E-state index contributed by atoms with van der Waals surface area (Å²) in [6.07, 6.45) is -8.92. The zero-order chi connectivity index (χ0) is 43.4. The molecule has 59 heavy (non-hydrogen) atoms. The molecule has 3 aliphatic rings. The lowest BCUT2D eigenvalue weighted by molar-refractivity contribution is -0.399. The zero-order valence-electron chi connectivity index (χ0n) is 32.3. The Morgan fingerprint density at radius 2 is 1.12 bits per heavy atom. The van der Waals surface area contributed by atoms with Gasteiger partial charge in [-0.1, -0.05) is 24.3 Å². The molecule has 1 aliphatic heterocycles. The minimum absolute atomic E-state index is 0.00213. The van der Waals surface area contributed by atoms with Gasteiger partial charge >= 0.3 is 11.9 Å². The number of carboxylic acids is 2. The highest BCUT2D eigenvalue weighted by Crippen LogP contribution is 2.53. The van der Waals surface area contributed by atoms with E-state index < -0.39 is 106 Å². The third-order valence-corrected chi connectivity index (χ3v) is 11.7. The first-order valence-electron chi connectivity index (χ1n) is 18.2. The van der Waals surface area contributed by atoms with Crippen molar-refractivity contribution in [3.05, 3.63) is 114 Å². The molecule has 0 spiro atoms. The number of carbonyl (C=O) groups excluding carboxylic acids is 2. The van der Waals surface area contributed by atoms with Crippen LogP contribution in [0.25, 0.3) is 0 Å². The normalized spacial score (nSPS) is 25.8. The van der Waals surface area contributed by atoms with Gasteiger partial charge in [0.05, 0.1) is 17.7 Å². The Hall–Kier alpha value is -5.92. The van der Waals surface area contributed by atoms with Gasteiger partial charge in [0.25, 0.3) is 0 Å². The standard InChI is InChI=1S/C42H40O17/c1-14-7-9-18-29(31(14)45)34(48)25-16(3)27(38(52)53)22(44)11-20(25)41(18,5)58-59-42(6)19-10-8-15(2)32(46)30(19)35(49)26-17(4)28(39(54)55)23(12-21(26)42)56-40-37(51)36(50)33(47)24(13-43)57-40/h7-12,24,33,36-37,40,43-47,50-51H,13H2,1-6H3,(H,52,53)(H,54,55)/t24-,33+,36+,37-,40+,41-,42-/m1/s1. The summed E-state index contributed by atoms with van der Waals surface area (Å²) in [6, 6.07) is 8.06. The monoisotopic (exact) mass is 816 g/mol. The Labute approximate surface area is 334 Å². The number of fused-ring (bicyclic) bond motifs is 4. The number of hydrogen-bond acceptors (Lipinski definition) is 15. The highest BCUT2D eigenvalue weighted by Gasteiger charge is 2.52. The topological polar surface area (TPSA) is 287 Å². The molecule has 17 nitrogen and oxygen atoms in total. The molecule has 0 bridgehead atoms. The smallest absolute Gasteiger partial charge is 0.339 e. The van der Waals surface area contributed by atoms with Crippen molar-refractivity contribution in [2.75, 3.05) is 6.61 Å². The van der Waals surface area contributed by atoms with Crippen LogP contribution in [0.1, 0.15) is 111 Å². The summed E-state index contributed by atoms with van der Waals surface area (Å²) in [5.41, 5.74) is -6.08. The van der Waals surface area contributed by atoms with Crippen molar-refractivity contribution in [2.24, 2.45) is 0 Å². The Balaban J connectivity index is 1.46. The molecule has 9 N–H and O–H groups in total. The maximum absolute atomic E-state index is 14.5. The van der Waals surface area contributed by atoms with Crippen molar-refractivity contribution in [1.29, 1.82) is 0 Å². The van der Waals surface area contributed by atoms with Crippen LogP contribution in [-0.2, 0) is 25.7 Å². The van der Waals surface area contributed by atoms with Crippen molar-refractivity contribution < 1.29 is 84.4 Å². The van der Waals surface area contributed by atoms with Gasteiger partial charge in [0, 0.05) is 33.4 Å². The third-order valence-electron chi connectivity index (χ3n) is 11.7. The number of phenols is 3. The summed E-state index contributed by atoms with van der Waals surface area (Å²) in [4.78, 5) is 66.6. The van der Waals surface area contributed by atoms with Gasteiger partial charge in [-0.15, -0.1) is 0 Å². The van der Waals surface area contributed by atoms with E-state index in [4.69, 9.17) is 19.2 Å². The van der Waals surface area contributed by atoms with Crippen LogP contribution < -0.4 is 4.74 Å². The average molecular weight is 817 g/mol. The lowest BCUT2D eigenvalue weighted by Gasteiger charge is -2.43. The van der Waals surface area contributed by atoms with Crippen molar-refractivity contribution in [1.82, 2.24) is 0 Å². The Morgan fingerprint density at radius 1 is 0.661 bits per heavy atom. The number of ether oxygens (including phenoxy) is 2. The van der Waals surface area contributed by atoms with E-state index in [0.29, 0.717) is 5.56 Å². The van der Waals surface area contributed by atoms with Crippen molar-refractivity contribution in [3.63, 3.8) is 0 Å². The first-order chi connectivity index (χ1) is 27.6. The van der Waals surface area contributed by atoms with Gasteiger partial charge in [0.2, 0.25) is 6.29 Å². The summed E-state index contributed by atoms with van der Waals surface area (Å²) in [7, 11) is 0. The summed E-state index contributed by atoms with van der Waals surface area (Å²) >= 11 is 0. The fraction of sp³-hybridized carbons (Fsp3) is 0.333. The number of aryl methyl sites for hydroxylation is 2. The second kappa shape index (κ2) is 14.1. The molecule has 1 saturated heterocycles. The van der Waals surface area contributed by atoms with Crippen LogP contribution in [0.4, 0.5) is 0 Å². The Bertz CT molecular complexity index is 2520. The van der Waals surface area contributed by atoms with Gasteiger partial charge in [-0.2, -0.15) is 0 Å². The van der Waals surface area contributed by atoms with Crippen LogP contribution in [0.5, 0.6) is 23.0 Å². The summed E-state index contributed by atoms with van der Waals surface area (Å²) in [5.74, 6) is -6.85. The minimum Gasteiger partial charge on any atom is -0.507 e. The van der Waals surface area contributed by atoms with Crippen LogP contribution in [0, 0.1) is 27.7 Å². The number of benzene rings is 4. The number of ketones is 2. The maximum atomic E-state index is 14.5. The SMILES string of the molecule is Cc1ccc2c(c1O)C(=O)c1c(cc(O)c(C(=O)O)c1C)[C@]2(C)OO[C@@]1(C)c2cc(O[C@H]3O[C@H](CO)[C@H](O)[C@H](O)[C@H]3O)c(C(=O)O)c(C)c2C(=O)c2c1ccc(C)c2O. The van der Waals surface area contributed by atoms with Crippen LogP contribution in [0.15, 0.2) is 36.4 Å². The molecular formula is C42H40O17. The first kappa shape index (κ1) is 41.2. The number of aliphatic hydroxyl groups excluding tert-OH is 4. The third kappa shape index (κ3) is 5.88. The number of carboxylic acid groups (broad SMARTS) is 2. The number of phenolic OH excluding ortho intramolecular Hbond substituents is 2. The van der Waals surface area contributed by atoms with Gasteiger partial charge < -0.3 is 55.4 Å². The number of aromatic carboxylic acids is 2. The number of hydrogen-bond donors (Lipinski definition) is 9. The van der Waals surface area contributed by atoms with Crippen molar-refractivity contribution >= 4 is 23.5 Å². The molecule has 0 amide bonds. The van der Waals surface area contributed by atoms with Crippen LogP contribution >= 0.6 is 0 Å². The summed E-state index contributed by atoms with van der Waals surface area (Å²) in [6.45, 7) is 7.71. The molecule has 1 fully saturated rings. The molecule has 2 aliphatic carbocycles. The fourth-order valence-electron chi connectivity index (χ4n) is 8.38. The predicted octanol–water partition coefficient (Wildman–Crippen LogP) is 2.88. The molecule has 1 heterocycles. The highest BCUT2D eigenvalue weighted by atomic mass is 17.2. The lowest BCUT2D eigenvalue weighted by Crippen LogP contribution is -2.60. The number of aliphatic hydroxyl groups is 4. The predicted molar refractivity (Wildman–Crippen MR) is 200 cm³/mol. The van der Waals surface area contributed by atoms with Gasteiger partial charge in [0.15, 0.2) is 22.8 Å². The molecule has 7 atom stereocenters. The molecular weight excluding hydrogens is 776 g/mol. The molecule has 4 aromatic rings. The molecule has 0 saturated carbocycles. The highest BCUT2D eigenvalue weighted by molar-refractivity contribution is 6.18. The number of rotatable bonds is 8. The van der Waals surface area contributed by atoms with Crippen LogP contribution in [0.2, 0.25) is 0 Å². The van der Waals surface area contributed by atoms with Gasteiger partial charge in [-0.3, -0.25) is 9.59 Å². The Kier molecular flexibility index (Phi) is 9.88. The van der Waals surface area contributed by atoms with E-state index in [1.807, 2.05) is 0 Å². The zero-order valence-corrected chi connectivity index (χ0v) is 32.3. The first-order valence-corrected chi connectivity index (χ1v) is 18.2. The van der Waals surface area contributed by atoms with Crippen molar-refractivity contribution in [3.8, 4) is 23.0 Å². The molecule has 0 unspecified atom stereocenters. The van der Waals surface area contributed by atoms with Gasteiger partial charge in [-0.25, -0.2) is 19.4 Å². The molecule has 7 rings (SSSR count). The van der Waals surface area contributed by atoms with E-state index >= 15 is 0 Å². The second-order valence-electron chi connectivity index (χ2n) is 15.2. The molecule has 17 heteroatoms. The number of aromatic hydroxyl groups is 3. The van der Waals surface area contributed by atoms with E-state index in [1.54, 1.807) is 6.92 Å². The van der Waals surface area contributed by atoms with Crippen molar-refractivity contribution in [2.45, 2.75) is 83.5 Å². The summed E-state index contributed by atoms with van der Waals surface area (Å²) < 4.78 is 11.4. The lowest BCUT2D eigenvalue weighted by atomic mass is 9.71. The van der Waals surface area contributed by atoms with Gasteiger partial charge in [-0.05, 0) is 75.9 Å². The fourth-order valence-corrected chi connectivity index (χ4v) is 8.38. The van der Waals surface area contributed by atoms with Crippen LogP contribution in [0.3, 0.4) is 0 Å². The minimum atomic E-state index is -2.03. The van der Waals surface area contributed by atoms with E-state index in [-0.39, 0.29) is 61.2 Å². The molecule has 0 aromatic heterocycles. The largest absolute Gasteiger partial charge is 0.507 e. The average Bonchev–Trinajstić information content (AvgIpc) is 3.17. The quantitative estimate of drug-likeness (QED) is 0.0913. The summed E-state index contributed by atoms with van der Waals surface area (Å²) in [5, 5.41) is 95.4. The van der Waals surface area contributed by atoms with E-state index in [9.17, 15) is 65.1 Å². The molecule has 310 valence electrons. The van der Waals surface area contributed by atoms with E-state index in [0.717, 1.165) is 12.1 Å². The van der Waals surface area contributed by atoms with Gasteiger partial charge in [0.1, 0.15) is 58.5 Å². The molecule has 4 aromatic carbocycles. The van der Waals surface area contributed by atoms with Crippen LogP contribution in [-0.4, -0.2) is 107 Å².